The molecule has 0 spiro atoms. The van der Waals surface area contributed by atoms with E-state index in [0.717, 1.165) is 25.7 Å². The van der Waals surface area contributed by atoms with E-state index in [1.54, 1.807) is 55.5 Å². The van der Waals surface area contributed by atoms with E-state index in [9.17, 15) is 19.2 Å². The Balaban J connectivity index is 1.41. The first-order valence-corrected chi connectivity index (χ1v) is 11.9. The average Bonchev–Trinajstić information content (AvgIpc) is 3.48. The molecule has 0 aromatic heterocycles. The topological polar surface area (TPSA) is 102 Å². The Kier molecular flexibility index (Phi) is 6.11. The van der Waals surface area contributed by atoms with Crippen molar-refractivity contribution < 1.29 is 28.7 Å². The van der Waals surface area contributed by atoms with Crippen LogP contribution in [0.2, 0.25) is 0 Å². The Bertz CT molecular complexity index is 1220. The van der Waals surface area contributed by atoms with E-state index in [1.807, 2.05) is 0 Å². The molecule has 5 rings (SSSR count). The molecule has 2 saturated carbocycles. The molecule has 3 atom stereocenters. The third-order valence-corrected chi connectivity index (χ3v) is 6.96. The second-order valence-electron chi connectivity index (χ2n) is 9.13. The summed E-state index contributed by atoms with van der Waals surface area (Å²) >= 11 is 0. The molecule has 180 valence electrons. The molecule has 8 nitrogen and oxygen atoms in total. The van der Waals surface area contributed by atoms with E-state index in [0.29, 0.717) is 35.3 Å². The van der Waals surface area contributed by atoms with Crippen LogP contribution < -0.4 is 14.8 Å². The molecule has 0 radical (unpaired) electrons. The van der Waals surface area contributed by atoms with Crippen molar-refractivity contribution in [2.24, 2.45) is 11.8 Å². The highest BCUT2D eigenvalue weighted by molar-refractivity contribution is 6.31. The fourth-order valence-electron chi connectivity index (χ4n) is 5.37. The van der Waals surface area contributed by atoms with Crippen LogP contribution in [0.4, 0.5) is 4.79 Å². The van der Waals surface area contributed by atoms with Crippen LogP contribution in [0.5, 0.6) is 11.5 Å². The number of benzene rings is 2. The van der Waals surface area contributed by atoms with E-state index < -0.39 is 23.8 Å². The summed E-state index contributed by atoms with van der Waals surface area (Å²) in [7, 11) is 0. The number of ether oxygens (including phenoxy) is 2. The normalized spacial score (nSPS) is 24.6. The van der Waals surface area contributed by atoms with Gasteiger partial charge in [0.15, 0.2) is 11.5 Å². The van der Waals surface area contributed by atoms with Crippen LogP contribution in [0.15, 0.2) is 54.1 Å². The third-order valence-electron chi connectivity index (χ3n) is 6.96. The summed E-state index contributed by atoms with van der Waals surface area (Å²) in [6, 6.07) is 12.6. The van der Waals surface area contributed by atoms with Crippen LogP contribution in [-0.4, -0.2) is 41.4 Å². The van der Waals surface area contributed by atoms with E-state index in [-0.39, 0.29) is 17.4 Å². The number of carbonyl (C=O) groups excluding carboxylic acids is 4. The first kappa shape index (κ1) is 22.8. The van der Waals surface area contributed by atoms with Crippen LogP contribution in [-0.2, 0) is 9.59 Å². The van der Waals surface area contributed by atoms with Crippen LogP contribution >= 0.6 is 0 Å². The monoisotopic (exact) mass is 474 g/mol. The number of amides is 4. The summed E-state index contributed by atoms with van der Waals surface area (Å²) in [5.41, 5.74) is 0.800. The van der Waals surface area contributed by atoms with Crippen molar-refractivity contribution in [3.05, 3.63) is 65.2 Å². The van der Waals surface area contributed by atoms with Gasteiger partial charge in [0.05, 0.1) is 12.2 Å². The molecule has 3 fully saturated rings. The number of hydrogen-bond donors (Lipinski definition) is 1. The number of urea groups is 1. The van der Waals surface area contributed by atoms with Crippen LogP contribution in [0.1, 0.15) is 48.5 Å². The van der Waals surface area contributed by atoms with Crippen molar-refractivity contribution in [2.45, 2.75) is 38.6 Å². The maximum atomic E-state index is 13.3. The zero-order valence-corrected chi connectivity index (χ0v) is 19.4. The van der Waals surface area contributed by atoms with E-state index in [4.69, 9.17) is 9.47 Å². The smallest absolute Gasteiger partial charge is 0.343 e. The molecule has 35 heavy (non-hydrogen) atoms. The minimum atomic E-state index is -0.725. The SMILES string of the molecule is CCOc1cc(/C=C2\C(=O)NC(=O)N([C@@H]3C[C@H]4CC[C@H]3C4)C2=O)ccc1OC(=O)c1ccccc1. The Morgan fingerprint density at radius 1 is 1.06 bits per heavy atom. The standard InChI is InChI=1S/C27H26N2O6/c1-2-34-23-15-17(9-11-22(23)35-26(32)18-6-4-3-5-7-18)13-20-24(30)28-27(33)29(25(20)31)21-14-16-8-10-19(21)12-16/h3-7,9,11,13,15-16,19,21H,2,8,10,12,14H2,1H3,(H,28,30,33)/b20-13+/t16-,19-,21+/m0/s1. The van der Waals surface area contributed by atoms with Crippen molar-refractivity contribution >= 4 is 29.9 Å². The summed E-state index contributed by atoms with van der Waals surface area (Å²) in [6.45, 7) is 2.12. The molecular formula is C27H26N2O6. The highest BCUT2D eigenvalue weighted by Gasteiger charge is 2.49. The molecule has 1 aliphatic heterocycles. The van der Waals surface area contributed by atoms with Gasteiger partial charge in [-0.2, -0.15) is 0 Å². The Labute approximate surface area is 202 Å². The molecule has 2 aliphatic carbocycles. The van der Waals surface area contributed by atoms with Crippen LogP contribution in [0.3, 0.4) is 0 Å². The summed E-state index contributed by atoms with van der Waals surface area (Å²) in [4.78, 5) is 52.1. The molecular weight excluding hydrogens is 448 g/mol. The number of hydrogen-bond acceptors (Lipinski definition) is 6. The fraction of sp³-hybridized carbons (Fsp3) is 0.333. The van der Waals surface area contributed by atoms with Crippen LogP contribution in [0, 0.1) is 11.8 Å². The Morgan fingerprint density at radius 3 is 2.54 bits per heavy atom. The number of nitrogens with one attached hydrogen (secondary N) is 1. The molecule has 8 heteroatoms. The van der Waals surface area contributed by atoms with Gasteiger partial charge in [-0.15, -0.1) is 0 Å². The Hall–Kier alpha value is -3.94. The predicted molar refractivity (Wildman–Crippen MR) is 127 cm³/mol. The van der Waals surface area contributed by atoms with E-state index in [2.05, 4.69) is 5.32 Å². The predicted octanol–water partition coefficient (Wildman–Crippen LogP) is 3.95. The van der Waals surface area contributed by atoms with Gasteiger partial charge >= 0.3 is 12.0 Å². The molecule has 3 aliphatic rings. The average molecular weight is 475 g/mol. The molecule has 2 bridgehead atoms. The van der Waals surface area contributed by atoms with Gasteiger partial charge in [-0.3, -0.25) is 19.8 Å². The molecule has 1 heterocycles. The van der Waals surface area contributed by atoms with Gasteiger partial charge in [-0.1, -0.05) is 30.7 Å². The molecule has 4 amide bonds. The summed E-state index contributed by atoms with van der Waals surface area (Å²) in [5.74, 6) is -0.468. The number of fused-ring (bicyclic) bond motifs is 2. The number of barbiturate groups is 1. The van der Waals surface area contributed by atoms with Gasteiger partial charge in [0.25, 0.3) is 11.8 Å². The maximum absolute atomic E-state index is 13.3. The minimum Gasteiger partial charge on any atom is -0.490 e. The minimum absolute atomic E-state index is 0.108. The molecule has 0 unspecified atom stereocenters. The second-order valence-corrected chi connectivity index (χ2v) is 9.13. The number of esters is 1. The number of imide groups is 2. The lowest BCUT2D eigenvalue weighted by atomic mass is 9.93. The first-order valence-electron chi connectivity index (χ1n) is 11.9. The second kappa shape index (κ2) is 9.37. The zero-order chi connectivity index (χ0) is 24.5. The van der Waals surface area contributed by atoms with Crippen molar-refractivity contribution in [3.63, 3.8) is 0 Å². The van der Waals surface area contributed by atoms with Gasteiger partial charge in [-0.25, -0.2) is 9.59 Å². The lowest BCUT2D eigenvalue weighted by Crippen LogP contribution is -2.58. The van der Waals surface area contributed by atoms with E-state index in [1.165, 1.54) is 11.0 Å². The summed E-state index contributed by atoms with van der Waals surface area (Å²) < 4.78 is 11.2. The van der Waals surface area contributed by atoms with Gasteiger partial charge in [-0.05, 0) is 73.9 Å². The largest absolute Gasteiger partial charge is 0.490 e. The number of carbonyl (C=O) groups is 4. The van der Waals surface area contributed by atoms with Crippen LogP contribution in [0.25, 0.3) is 6.08 Å². The summed E-state index contributed by atoms with van der Waals surface area (Å²) in [5, 5.41) is 2.32. The Morgan fingerprint density at radius 2 is 1.86 bits per heavy atom. The zero-order valence-electron chi connectivity index (χ0n) is 19.4. The number of nitrogens with zero attached hydrogens (tertiary/aromatic N) is 1. The fourth-order valence-corrected chi connectivity index (χ4v) is 5.37. The summed E-state index contributed by atoms with van der Waals surface area (Å²) in [6.07, 6.45) is 5.39. The van der Waals surface area contributed by atoms with E-state index >= 15 is 0 Å². The number of rotatable bonds is 6. The lowest BCUT2D eigenvalue weighted by molar-refractivity contribution is -0.132. The first-order chi connectivity index (χ1) is 16.9. The third kappa shape index (κ3) is 4.43. The lowest BCUT2D eigenvalue weighted by Gasteiger charge is -2.35. The highest BCUT2D eigenvalue weighted by atomic mass is 16.6. The molecule has 2 aromatic rings. The quantitative estimate of drug-likeness (QED) is 0.294. The van der Waals surface area contributed by atoms with Crippen molar-refractivity contribution in [1.82, 2.24) is 10.2 Å². The van der Waals surface area contributed by atoms with Gasteiger partial charge in [0, 0.05) is 6.04 Å². The van der Waals surface area contributed by atoms with Gasteiger partial charge < -0.3 is 9.47 Å². The molecule has 1 N–H and O–H groups in total. The van der Waals surface area contributed by atoms with Crippen molar-refractivity contribution in [3.8, 4) is 11.5 Å². The maximum Gasteiger partial charge on any atom is 0.343 e. The van der Waals surface area contributed by atoms with Crippen molar-refractivity contribution in [2.75, 3.05) is 6.61 Å². The molecule has 2 aromatic carbocycles. The highest BCUT2D eigenvalue weighted by Crippen LogP contribution is 2.47. The van der Waals surface area contributed by atoms with Crippen molar-refractivity contribution in [1.29, 1.82) is 0 Å². The van der Waals surface area contributed by atoms with Gasteiger partial charge in [0.1, 0.15) is 5.57 Å². The van der Waals surface area contributed by atoms with Gasteiger partial charge in [0.2, 0.25) is 0 Å². The molecule has 1 saturated heterocycles.